The van der Waals surface area contributed by atoms with Crippen LogP contribution in [-0.2, 0) is 6.42 Å². The summed E-state index contributed by atoms with van der Waals surface area (Å²) in [7, 11) is 0. The SMILES string of the molecule is CCNC(=NCCc1csc(N2CCCC2)n1)NCCOc1ccc(C)cc1. The number of ether oxygens (including phenoxy) is 1. The number of aliphatic imine (C=N–C) groups is 1. The van der Waals surface area contributed by atoms with Gasteiger partial charge in [0.2, 0.25) is 0 Å². The van der Waals surface area contributed by atoms with E-state index in [-0.39, 0.29) is 0 Å². The van der Waals surface area contributed by atoms with E-state index in [2.05, 4.69) is 51.9 Å². The topological polar surface area (TPSA) is 61.8 Å². The predicted molar refractivity (Wildman–Crippen MR) is 118 cm³/mol. The van der Waals surface area contributed by atoms with E-state index in [4.69, 9.17) is 9.72 Å². The van der Waals surface area contributed by atoms with Crippen molar-refractivity contribution in [2.45, 2.75) is 33.1 Å². The molecular formula is C21H31N5OS. The number of guanidine groups is 1. The van der Waals surface area contributed by atoms with Crippen molar-refractivity contribution in [1.29, 1.82) is 0 Å². The number of rotatable bonds is 9. The van der Waals surface area contributed by atoms with Gasteiger partial charge in [-0.25, -0.2) is 4.98 Å². The lowest BCUT2D eigenvalue weighted by molar-refractivity contribution is 0.322. The van der Waals surface area contributed by atoms with Gasteiger partial charge in [0.15, 0.2) is 11.1 Å². The second-order valence-corrected chi connectivity index (χ2v) is 7.75. The molecule has 0 amide bonds. The summed E-state index contributed by atoms with van der Waals surface area (Å²) in [4.78, 5) is 11.8. The lowest BCUT2D eigenvalue weighted by Gasteiger charge is -2.12. The third-order valence-corrected chi connectivity index (χ3v) is 5.53. The largest absolute Gasteiger partial charge is 0.492 e. The fourth-order valence-electron chi connectivity index (χ4n) is 3.06. The number of thiazole rings is 1. The lowest BCUT2D eigenvalue weighted by atomic mass is 10.2. The third kappa shape index (κ3) is 6.41. The summed E-state index contributed by atoms with van der Waals surface area (Å²) in [6.07, 6.45) is 3.43. The highest BCUT2D eigenvalue weighted by Gasteiger charge is 2.15. The van der Waals surface area contributed by atoms with Crippen LogP contribution in [-0.4, -0.2) is 50.3 Å². The summed E-state index contributed by atoms with van der Waals surface area (Å²) < 4.78 is 5.76. The molecule has 0 atom stereocenters. The highest BCUT2D eigenvalue weighted by molar-refractivity contribution is 7.13. The molecule has 3 rings (SSSR count). The zero-order valence-electron chi connectivity index (χ0n) is 16.9. The Bertz CT molecular complexity index is 738. The molecule has 152 valence electrons. The molecule has 0 spiro atoms. The fraction of sp³-hybridized carbons (Fsp3) is 0.524. The van der Waals surface area contributed by atoms with Crippen molar-refractivity contribution >= 4 is 22.4 Å². The molecule has 0 saturated carbocycles. The molecule has 0 radical (unpaired) electrons. The molecule has 2 aromatic rings. The van der Waals surface area contributed by atoms with Crippen molar-refractivity contribution in [2.75, 3.05) is 44.2 Å². The summed E-state index contributed by atoms with van der Waals surface area (Å²) in [6, 6.07) is 8.11. The molecule has 0 aliphatic carbocycles. The smallest absolute Gasteiger partial charge is 0.191 e. The van der Waals surface area contributed by atoms with Gasteiger partial charge < -0.3 is 20.3 Å². The van der Waals surface area contributed by atoms with E-state index < -0.39 is 0 Å². The number of hydrogen-bond acceptors (Lipinski definition) is 5. The van der Waals surface area contributed by atoms with Gasteiger partial charge in [0, 0.05) is 38.0 Å². The van der Waals surface area contributed by atoms with Crippen molar-refractivity contribution < 1.29 is 4.74 Å². The molecule has 1 aromatic carbocycles. The zero-order chi connectivity index (χ0) is 19.6. The summed E-state index contributed by atoms with van der Waals surface area (Å²) >= 11 is 1.75. The van der Waals surface area contributed by atoms with E-state index in [1.165, 1.54) is 18.4 Å². The monoisotopic (exact) mass is 401 g/mol. The average Bonchev–Trinajstić information content (AvgIpc) is 3.38. The molecule has 1 aromatic heterocycles. The highest BCUT2D eigenvalue weighted by Crippen LogP contribution is 2.24. The van der Waals surface area contributed by atoms with Gasteiger partial charge in [-0.15, -0.1) is 11.3 Å². The molecule has 7 heteroatoms. The van der Waals surface area contributed by atoms with Crippen LogP contribution < -0.4 is 20.3 Å². The highest BCUT2D eigenvalue weighted by atomic mass is 32.1. The molecule has 6 nitrogen and oxygen atoms in total. The van der Waals surface area contributed by atoms with Gasteiger partial charge in [-0.05, 0) is 38.8 Å². The zero-order valence-corrected chi connectivity index (χ0v) is 17.7. The van der Waals surface area contributed by atoms with Gasteiger partial charge in [0.1, 0.15) is 12.4 Å². The molecule has 1 saturated heterocycles. The van der Waals surface area contributed by atoms with Gasteiger partial charge in [-0.3, -0.25) is 4.99 Å². The Morgan fingerprint density at radius 2 is 2.00 bits per heavy atom. The Kier molecular flexibility index (Phi) is 7.96. The summed E-state index contributed by atoms with van der Waals surface area (Å²) in [6.45, 7) is 9.28. The van der Waals surface area contributed by atoms with Crippen LogP contribution >= 0.6 is 11.3 Å². The first-order chi connectivity index (χ1) is 13.7. The molecule has 2 heterocycles. The summed E-state index contributed by atoms with van der Waals surface area (Å²) in [5.41, 5.74) is 2.37. The summed E-state index contributed by atoms with van der Waals surface area (Å²) in [5, 5.41) is 9.94. The number of nitrogens with zero attached hydrogens (tertiary/aromatic N) is 3. The number of hydrogen-bond donors (Lipinski definition) is 2. The van der Waals surface area contributed by atoms with Crippen molar-refractivity contribution in [2.24, 2.45) is 4.99 Å². The van der Waals surface area contributed by atoms with Gasteiger partial charge >= 0.3 is 0 Å². The Labute approximate surface area is 172 Å². The average molecular weight is 402 g/mol. The Balaban J connectivity index is 1.40. The Morgan fingerprint density at radius 3 is 2.75 bits per heavy atom. The standard InChI is InChI=1S/C21H31N5OS/c1-3-22-20(24-12-15-27-19-8-6-17(2)7-9-19)23-11-10-18-16-28-21(25-18)26-13-4-5-14-26/h6-9,16H,3-5,10-15H2,1-2H3,(H2,22,23,24). The van der Waals surface area contributed by atoms with Crippen molar-refractivity contribution in [3.05, 3.63) is 40.9 Å². The van der Waals surface area contributed by atoms with E-state index in [1.807, 2.05) is 12.1 Å². The second-order valence-electron chi connectivity index (χ2n) is 6.91. The molecule has 0 bridgehead atoms. The fourth-order valence-corrected chi connectivity index (χ4v) is 3.98. The van der Waals surface area contributed by atoms with Crippen LogP contribution in [0.25, 0.3) is 0 Å². The maximum Gasteiger partial charge on any atom is 0.191 e. The van der Waals surface area contributed by atoms with Crippen molar-refractivity contribution in [3.63, 3.8) is 0 Å². The van der Waals surface area contributed by atoms with Crippen LogP contribution in [0.5, 0.6) is 5.75 Å². The van der Waals surface area contributed by atoms with Crippen LogP contribution in [0.15, 0.2) is 34.6 Å². The first-order valence-electron chi connectivity index (χ1n) is 10.2. The Hall–Kier alpha value is -2.28. The van der Waals surface area contributed by atoms with Crippen LogP contribution in [0, 0.1) is 6.92 Å². The van der Waals surface area contributed by atoms with Crippen LogP contribution in [0.4, 0.5) is 5.13 Å². The predicted octanol–water partition coefficient (Wildman–Crippen LogP) is 3.23. The molecular weight excluding hydrogens is 370 g/mol. The first-order valence-corrected chi connectivity index (χ1v) is 11.0. The quantitative estimate of drug-likeness (QED) is 0.384. The van der Waals surface area contributed by atoms with Crippen LogP contribution in [0.2, 0.25) is 0 Å². The first kappa shape index (κ1) is 20.5. The third-order valence-electron chi connectivity index (χ3n) is 4.58. The number of aryl methyl sites for hydroxylation is 1. The van der Waals surface area contributed by atoms with Gasteiger partial charge in [-0.2, -0.15) is 0 Å². The number of aromatic nitrogens is 1. The van der Waals surface area contributed by atoms with Crippen LogP contribution in [0.3, 0.4) is 0 Å². The number of benzene rings is 1. The van der Waals surface area contributed by atoms with Gasteiger partial charge in [0.25, 0.3) is 0 Å². The maximum absolute atomic E-state index is 5.76. The van der Waals surface area contributed by atoms with E-state index in [0.29, 0.717) is 13.2 Å². The van der Waals surface area contributed by atoms with E-state index >= 15 is 0 Å². The minimum absolute atomic E-state index is 0.596. The van der Waals surface area contributed by atoms with E-state index in [9.17, 15) is 0 Å². The number of anilines is 1. The van der Waals surface area contributed by atoms with Gasteiger partial charge in [-0.1, -0.05) is 17.7 Å². The number of nitrogens with one attached hydrogen (secondary N) is 2. The molecule has 1 fully saturated rings. The van der Waals surface area contributed by atoms with E-state index in [0.717, 1.165) is 55.1 Å². The molecule has 2 N–H and O–H groups in total. The Morgan fingerprint density at radius 1 is 1.21 bits per heavy atom. The second kappa shape index (κ2) is 10.9. The normalized spacial score (nSPS) is 14.4. The maximum atomic E-state index is 5.76. The molecule has 0 unspecified atom stereocenters. The molecule has 28 heavy (non-hydrogen) atoms. The minimum Gasteiger partial charge on any atom is -0.492 e. The van der Waals surface area contributed by atoms with Gasteiger partial charge in [0.05, 0.1) is 12.2 Å². The minimum atomic E-state index is 0.596. The molecule has 1 aliphatic rings. The van der Waals surface area contributed by atoms with E-state index in [1.54, 1.807) is 11.3 Å². The molecule has 1 aliphatic heterocycles. The van der Waals surface area contributed by atoms with Crippen molar-refractivity contribution in [3.8, 4) is 5.75 Å². The lowest BCUT2D eigenvalue weighted by Crippen LogP contribution is -2.39. The van der Waals surface area contributed by atoms with Crippen LogP contribution in [0.1, 0.15) is 31.0 Å². The van der Waals surface area contributed by atoms with Crippen molar-refractivity contribution in [1.82, 2.24) is 15.6 Å². The summed E-state index contributed by atoms with van der Waals surface area (Å²) in [5.74, 6) is 1.72.